The number of fused-ring (bicyclic) bond motifs is 6. The van der Waals surface area contributed by atoms with Gasteiger partial charge >= 0.3 is 0 Å². The Morgan fingerprint density at radius 2 is 1.61 bits per heavy atom. The summed E-state index contributed by atoms with van der Waals surface area (Å²) in [5.74, 6) is 1.00. The van der Waals surface area contributed by atoms with Gasteiger partial charge in [-0.3, -0.25) is 0 Å². The van der Waals surface area contributed by atoms with Gasteiger partial charge in [0.2, 0.25) is 0 Å². The van der Waals surface area contributed by atoms with Gasteiger partial charge in [0, 0.05) is 24.0 Å². The molecule has 0 bridgehead atoms. The SMILES string of the molecule is [CH]1C=CC=C2c3ccccc3C3=CC=C[CH+]C3C12. The minimum atomic E-state index is 0.501. The van der Waals surface area contributed by atoms with E-state index in [1.807, 2.05) is 0 Å². The Labute approximate surface area is 108 Å². The average Bonchev–Trinajstić information content (AvgIpc) is 2.48. The summed E-state index contributed by atoms with van der Waals surface area (Å²) in [6.07, 6.45) is 17.8. The van der Waals surface area contributed by atoms with E-state index in [4.69, 9.17) is 0 Å². The van der Waals surface area contributed by atoms with E-state index in [0.29, 0.717) is 11.8 Å². The van der Waals surface area contributed by atoms with Crippen molar-refractivity contribution in [1.82, 2.24) is 0 Å². The third kappa shape index (κ3) is 1.29. The molecule has 18 heavy (non-hydrogen) atoms. The van der Waals surface area contributed by atoms with Crippen molar-refractivity contribution in [3.8, 4) is 0 Å². The van der Waals surface area contributed by atoms with Crippen LogP contribution in [-0.4, -0.2) is 0 Å². The maximum absolute atomic E-state index is 2.33. The van der Waals surface area contributed by atoms with Crippen LogP contribution in [0.15, 0.2) is 60.7 Å². The van der Waals surface area contributed by atoms with Crippen molar-refractivity contribution in [2.75, 3.05) is 0 Å². The van der Waals surface area contributed by atoms with E-state index in [-0.39, 0.29) is 0 Å². The van der Waals surface area contributed by atoms with Gasteiger partial charge in [-0.15, -0.1) is 0 Å². The molecule has 0 spiro atoms. The molecule has 0 amide bonds. The van der Waals surface area contributed by atoms with Crippen molar-refractivity contribution >= 4 is 11.1 Å². The minimum Gasteiger partial charge on any atom is -0.0801 e. The van der Waals surface area contributed by atoms with Crippen molar-refractivity contribution in [3.63, 3.8) is 0 Å². The molecule has 0 heteroatoms. The predicted octanol–water partition coefficient (Wildman–Crippen LogP) is 4.25. The normalized spacial score (nSPS) is 27.3. The molecule has 3 aliphatic carbocycles. The molecule has 2 atom stereocenters. The highest BCUT2D eigenvalue weighted by atomic mass is 14.4. The topological polar surface area (TPSA) is 0 Å². The van der Waals surface area contributed by atoms with Crippen LogP contribution >= 0.6 is 0 Å². The maximum Gasteiger partial charge on any atom is 0.0946 e. The largest absolute Gasteiger partial charge is 0.0946 e. The van der Waals surface area contributed by atoms with Gasteiger partial charge in [-0.2, -0.15) is 0 Å². The Hall–Kier alpha value is -1.95. The van der Waals surface area contributed by atoms with E-state index in [9.17, 15) is 0 Å². The van der Waals surface area contributed by atoms with Gasteiger partial charge in [-0.05, 0) is 23.1 Å². The summed E-state index contributed by atoms with van der Waals surface area (Å²) in [6, 6.07) is 8.77. The molecule has 3 aliphatic rings. The van der Waals surface area contributed by atoms with Crippen LogP contribution in [0.2, 0.25) is 0 Å². The number of hydrogen-bond donors (Lipinski definition) is 0. The summed E-state index contributed by atoms with van der Waals surface area (Å²) in [5, 5.41) is 0. The van der Waals surface area contributed by atoms with Crippen molar-refractivity contribution in [3.05, 3.63) is 84.7 Å². The number of benzene rings is 1. The van der Waals surface area contributed by atoms with Crippen LogP contribution in [0.1, 0.15) is 11.1 Å². The zero-order valence-corrected chi connectivity index (χ0v) is 10.1. The highest BCUT2D eigenvalue weighted by Gasteiger charge is 2.39. The van der Waals surface area contributed by atoms with Crippen LogP contribution in [0.25, 0.3) is 11.1 Å². The summed E-state index contributed by atoms with van der Waals surface area (Å²) in [6.45, 7) is 0. The van der Waals surface area contributed by atoms with E-state index in [2.05, 4.69) is 73.6 Å². The zero-order valence-electron chi connectivity index (χ0n) is 10.1. The van der Waals surface area contributed by atoms with E-state index in [0.717, 1.165) is 0 Å². The Bertz CT molecular complexity index is 556. The summed E-state index contributed by atoms with van der Waals surface area (Å²) in [4.78, 5) is 0. The first-order chi connectivity index (χ1) is 8.95. The van der Waals surface area contributed by atoms with E-state index in [1.54, 1.807) is 0 Å². The molecular formula is C18H14+. The van der Waals surface area contributed by atoms with Crippen LogP contribution in [0.3, 0.4) is 0 Å². The molecule has 0 saturated carbocycles. The molecule has 0 N–H and O–H groups in total. The van der Waals surface area contributed by atoms with Gasteiger partial charge in [-0.25, -0.2) is 0 Å². The second-order valence-electron chi connectivity index (χ2n) is 5.00. The fraction of sp³-hybridized carbons (Fsp3) is 0.111. The molecule has 2 unspecified atom stereocenters. The predicted molar refractivity (Wildman–Crippen MR) is 76.3 cm³/mol. The fourth-order valence-corrected chi connectivity index (χ4v) is 3.27. The third-order valence-electron chi connectivity index (χ3n) is 4.06. The first-order valence-corrected chi connectivity index (χ1v) is 6.48. The fourth-order valence-electron chi connectivity index (χ4n) is 3.27. The van der Waals surface area contributed by atoms with Crippen LogP contribution in [0, 0.1) is 24.7 Å². The Morgan fingerprint density at radius 1 is 0.833 bits per heavy atom. The maximum atomic E-state index is 2.33. The van der Waals surface area contributed by atoms with Crippen molar-refractivity contribution in [2.45, 2.75) is 0 Å². The quantitative estimate of drug-likeness (QED) is 0.584. The van der Waals surface area contributed by atoms with Crippen molar-refractivity contribution < 1.29 is 0 Å². The molecule has 0 aromatic heterocycles. The van der Waals surface area contributed by atoms with E-state index >= 15 is 0 Å². The first kappa shape index (κ1) is 10.0. The summed E-state index contributed by atoms with van der Waals surface area (Å²) >= 11 is 0. The Balaban J connectivity index is 1.99. The molecule has 1 aromatic rings. The van der Waals surface area contributed by atoms with E-state index < -0.39 is 0 Å². The monoisotopic (exact) mass is 230 g/mol. The Kier molecular flexibility index (Phi) is 2.10. The van der Waals surface area contributed by atoms with Gasteiger partial charge in [0.05, 0.1) is 18.1 Å². The average molecular weight is 230 g/mol. The zero-order chi connectivity index (χ0) is 11.9. The second-order valence-corrected chi connectivity index (χ2v) is 5.00. The molecule has 1 radical (unpaired) electrons. The first-order valence-electron chi connectivity index (χ1n) is 6.48. The van der Waals surface area contributed by atoms with Crippen LogP contribution in [0.4, 0.5) is 0 Å². The van der Waals surface area contributed by atoms with Crippen LogP contribution < -0.4 is 0 Å². The number of allylic oxidation sites excluding steroid dienone is 8. The second kappa shape index (κ2) is 3.78. The smallest absolute Gasteiger partial charge is 0.0801 e. The molecule has 85 valence electrons. The van der Waals surface area contributed by atoms with Gasteiger partial charge in [-0.1, -0.05) is 42.5 Å². The molecule has 0 fully saturated rings. The summed E-state index contributed by atoms with van der Waals surface area (Å²) < 4.78 is 0. The number of hydrogen-bond acceptors (Lipinski definition) is 0. The van der Waals surface area contributed by atoms with Crippen molar-refractivity contribution in [1.29, 1.82) is 0 Å². The van der Waals surface area contributed by atoms with Crippen LogP contribution in [0.5, 0.6) is 0 Å². The van der Waals surface area contributed by atoms with Gasteiger partial charge in [0.25, 0.3) is 0 Å². The lowest BCUT2D eigenvalue weighted by atomic mass is 9.65. The minimum absolute atomic E-state index is 0.501. The molecule has 0 aliphatic heterocycles. The summed E-state index contributed by atoms with van der Waals surface area (Å²) in [7, 11) is 0. The molecule has 1 aromatic carbocycles. The highest BCUT2D eigenvalue weighted by molar-refractivity contribution is 5.90. The van der Waals surface area contributed by atoms with Gasteiger partial charge in [0.15, 0.2) is 0 Å². The van der Waals surface area contributed by atoms with Gasteiger partial charge in [0.1, 0.15) is 0 Å². The number of rotatable bonds is 0. The third-order valence-corrected chi connectivity index (χ3v) is 4.06. The van der Waals surface area contributed by atoms with Crippen LogP contribution in [-0.2, 0) is 0 Å². The lowest BCUT2D eigenvalue weighted by Crippen LogP contribution is -2.25. The van der Waals surface area contributed by atoms with Gasteiger partial charge < -0.3 is 0 Å². The molecular weight excluding hydrogens is 216 g/mol. The summed E-state index contributed by atoms with van der Waals surface area (Å²) in [5.41, 5.74) is 5.72. The highest BCUT2D eigenvalue weighted by Crippen LogP contribution is 2.49. The molecule has 4 rings (SSSR count). The molecule has 0 saturated heterocycles. The lowest BCUT2D eigenvalue weighted by molar-refractivity contribution is 0.635. The standard InChI is InChI=1S/C18H14/c1-2-8-14-13(7-1)15-9-3-4-11-17(15)18-12-6-5-10-16(14)18/h1-13,15H/q+1. The Morgan fingerprint density at radius 3 is 2.50 bits per heavy atom. The van der Waals surface area contributed by atoms with E-state index in [1.165, 1.54) is 22.3 Å². The lowest BCUT2D eigenvalue weighted by Gasteiger charge is -2.35. The van der Waals surface area contributed by atoms with Crippen molar-refractivity contribution in [2.24, 2.45) is 11.8 Å². The molecule has 0 heterocycles. The molecule has 0 nitrogen and oxygen atoms in total.